The van der Waals surface area contributed by atoms with Crippen LogP contribution in [-0.2, 0) is 4.79 Å². The van der Waals surface area contributed by atoms with Crippen molar-refractivity contribution < 1.29 is 14.3 Å². The Kier molecular flexibility index (Phi) is 6.11. The third-order valence-corrected chi connectivity index (χ3v) is 7.18. The summed E-state index contributed by atoms with van der Waals surface area (Å²) in [5.41, 5.74) is 2.13. The Labute approximate surface area is 182 Å². The molecule has 0 spiro atoms. The molecule has 3 heterocycles. The molecule has 6 nitrogen and oxygen atoms in total. The molecule has 4 rings (SSSR count). The lowest BCUT2D eigenvalue weighted by atomic mass is 10.1. The number of rotatable bonds is 4. The molecule has 2 aromatic rings. The summed E-state index contributed by atoms with van der Waals surface area (Å²) in [6, 6.07) is 9.53. The predicted octanol–water partition coefficient (Wildman–Crippen LogP) is 3.11. The second-order valence-electron chi connectivity index (χ2n) is 8.09. The van der Waals surface area contributed by atoms with Crippen LogP contribution >= 0.6 is 11.3 Å². The smallest absolute Gasteiger partial charge is 0.264 e. The van der Waals surface area contributed by atoms with Gasteiger partial charge in [0.05, 0.1) is 12.0 Å². The van der Waals surface area contributed by atoms with E-state index in [-0.39, 0.29) is 17.9 Å². The minimum atomic E-state index is -0.326. The Morgan fingerprint density at radius 3 is 2.43 bits per heavy atom. The third-order valence-electron chi connectivity index (χ3n) is 6.14. The monoisotopic (exact) mass is 427 g/mol. The molecule has 7 heteroatoms. The van der Waals surface area contributed by atoms with E-state index < -0.39 is 0 Å². The summed E-state index contributed by atoms with van der Waals surface area (Å²) < 4.78 is 5.24. The van der Waals surface area contributed by atoms with Crippen LogP contribution in [0.3, 0.4) is 0 Å². The van der Waals surface area contributed by atoms with Crippen LogP contribution in [0.5, 0.6) is 5.75 Å². The number of amides is 2. The van der Waals surface area contributed by atoms with E-state index in [4.69, 9.17) is 4.74 Å². The molecule has 2 aliphatic heterocycles. The van der Waals surface area contributed by atoms with E-state index in [1.807, 2.05) is 42.2 Å². The Balaban J connectivity index is 1.51. The number of hydrogen-bond donors (Lipinski definition) is 0. The van der Waals surface area contributed by atoms with Crippen LogP contribution in [0.1, 0.15) is 27.4 Å². The van der Waals surface area contributed by atoms with Gasteiger partial charge in [0.1, 0.15) is 11.8 Å². The number of methoxy groups -OCH3 is 1. The van der Waals surface area contributed by atoms with Gasteiger partial charge in [-0.3, -0.25) is 9.59 Å². The second-order valence-corrected chi connectivity index (χ2v) is 9.35. The van der Waals surface area contributed by atoms with Crippen molar-refractivity contribution >= 4 is 23.2 Å². The highest BCUT2D eigenvalue weighted by Crippen LogP contribution is 2.34. The van der Waals surface area contributed by atoms with E-state index in [2.05, 4.69) is 11.9 Å². The van der Waals surface area contributed by atoms with Gasteiger partial charge in [-0.2, -0.15) is 0 Å². The van der Waals surface area contributed by atoms with Crippen molar-refractivity contribution in [1.29, 1.82) is 0 Å². The number of hydrogen-bond acceptors (Lipinski definition) is 5. The first-order valence-corrected chi connectivity index (χ1v) is 11.3. The van der Waals surface area contributed by atoms with Gasteiger partial charge < -0.3 is 19.4 Å². The molecule has 1 aromatic carbocycles. The number of benzene rings is 1. The van der Waals surface area contributed by atoms with Gasteiger partial charge in [0, 0.05) is 37.6 Å². The lowest BCUT2D eigenvalue weighted by Crippen LogP contribution is -2.53. The number of likely N-dealkylation sites (tertiary alicyclic amines) is 1. The molecule has 2 amide bonds. The fourth-order valence-corrected chi connectivity index (χ4v) is 5.29. The standard InChI is InChI=1S/C23H29N3O3S/c1-16-19(17-6-8-18(29-3)9-7-17)15-21(30-16)23(28)26-10-4-5-20(26)22(27)25-13-11-24(2)12-14-25/h6-9,15,20H,4-5,10-14H2,1-3H3. The van der Waals surface area contributed by atoms with E-state index in [9.17, 15) is 9.59 Å². The number of thiophene rings is 1. The average molecular weight is 428 g/mol. The van der Waals surface area contributed by atoms with Crippen LogP contribution in [0.2, 0.25) is 0 Å². The number of carbonyl (C=O) groups excluding carboxylic acids is 2. The minimum Gasteiger partial charge on any atom is -0.497 e. The van der Waals surface area contributed by atoms with Crippen LogP contribution < -0.4 is 4.74 Å². The van der Waals surface area contributed by atoms with Gasteiger partial charge in [-0.1, -0.05) is 12.1 Å². The molecule has 2 fully saturated rings. The second kappa shape index (κ2) is 8.78. The topological polar surface area (TPSA) is 53.1 Å². The molecule has 0 saturated carbocycles. The quantitative estimate of drug-likeness (QED) is 0.752. The molecule has 30 heavy (non-hydrogen) atoms. The third kappa shape index (κ3) is 4.09. The molecule has 0 N–H and O–H groups in total. The highest BCUT2D eigenvalue weighted by atomic mass is 32.1. The number of carbonyl (C=O) groups is 2. The lowest BCUT2D eigenvalue weighted by molar-refractivity contribution is -0.136. The van der Waals surface area contributed by atoms with Crippen molar-refractivity contribution in [1.82, 2.24) is 14.7 Å². The van der Waals surface area contributed by atoms with E-state index in [0.717, 1.165) is 60.8 Å². The van der Waals surface area contributed by atoms with E-state index in [1.165, 1.54) is 11.3 Å². The number of ether oxygens (including phenoxy) is 1. The molecule has 1 atom stereocenters. The highest BCUT2D eigenvalue weighted by Gasteiger charge is 2.38. The lowest BCUT2D eigenvalue weighted by Gasteiger charge is -2.35. The molecule has 0 aliphatic carbocycles. The maximum atomic E-state index is 13.3. The summed E-state index contributed by atoms with van der Waals surface area (Å²) >= 11 is 1.51. The maximum Gasteiger partial charge on any atom is 0.264 e. The number of piperazine rings is 1. The normalized spacial score (nSPS) is 19.9. The summed E-state index contributed by atoms with van der Waals surface area (Å²) in [6.07, 6.45) is 1.64. The van der Waals surface area contributed by atoms with Gasteiger partial charge >= 0.3 is 0 Å². The molecule has 1 aromatic heterocycles. The zero-order chi connectivity index (χ0) is 21.3. The Hall–Kier alpha value is -2.38. The zero-order valence-corrected chi connectivity index (χ0v) is 18.7. The van der Waals surface area contributed by atoms with E-state index >= 15 is 0 Å². The van der Waals surface area contributed by atoms with Crippen LogP contribution in [0.15, 0.2) is 30.3 Å². The first-order chi connectivity index (χ1) is 14.5. The summed E-state index contributed by atoms with van der Waals surface area (Å²) in [6.45, 7) is 5.96. The molecule has 2 saturated heterocycles. The van der Waals surface area contributed by atoms with Gasteiger partial charge in [0.25, 0.3) is 5.91 Å². The molecule has 2 aliphatic rings. The number of likely N-dealkylation sites (N-methyl/N-ethyl adjacent to an activating group) is 1. The fraction of sp³-hybridized carbons (Fsp3) is 0.478. The summed E-state index contributed by atoms with van der Waals surface area (Å²) in [5, 5.41) is 0. The zero-order valence-electron chi connectivity index (χ0n) is 17.9. The first-order valence-electron chi connectivity index (χ1n) is 10.5. The maximum absolute atomic E-state index is 13.3. The van der Waals surface area contributed by atoms with E-state index in [1.54, 1.807) is 12.0 Å². The van der Waals surface area contributed by atoms with Crippen LogP contribution in [0, 0.1) is 6.92 Å². The van der Waals surface area contributed by atoms with Crippen LogP contribution in [0.4, 0.5) is 0 Å². The van der Waals surface area contributed by atoms with Crippen LogP contribution in [-0.4, -0.2) is 79.4 Å². The Morgan fingerprint density at radius 2 is 1.77 bits per heavy atom. The summed E-state index contributed by atoms with van der Waals surface area (Å²) in [4.78, 5) is 34.2. The highest BCUT2D eigenvalue weighted by molar-refractivity contribution is 7.14. The van der Waals surface area contributed by atoms with Gasteiger partial charge in [0.2, 0.25) is 5.91 Å². The summed E-state index contributed by atoms with van der Waals surface area (Å²) in [7, 11) is 3.73. The molecule has 0 radical (unpaired) electrons. The molecular formula is C23H29N3O3S. The largest absolute Gasteiger partial charge is 0.497 e. The van der Waals surface area contributed by atoms with Gasteiger partial charge in [-0.05, 0) is 56.1 Å². The van der Waals surface area contributed by atoms with Crippen molar-refractivity contribution in [3.8, 4) is 16.9 Å². The molecule has 160 valence electrons. The predicted molar refractivity (Wildman–Crippen MR) is 119 cm³/mol. The summed E-state index contributed by atoms with van der Waals surface area (Å²) in [5.74, 6) is 0.899. The Bertz CT molecular complexity index is 916. The Morgan fingerprint density at radius 1 is 1.07 bits per heavy atom. The van der Waals surface area contributed by atoms with Gasteiger partial charge in [-0.25, -0.2) is 0 Å². The van der Waals surface area contributed by atoms with Crippen LogP contribution in [0.25, 0.3) is 11.1 Å². The number of aryl methyl sites for hydroxylation is 1. The van der Waals surface area contributed by atoms with Gasteiger partial charge in [-0.15, -0.1) is 11.3 Å². The molecule has 1 unspecified atom stereocenters. The molecular weight excluding hydrogens is 398 g/mol. The van der Waals surface area contributed by atoms with Crippen molar-refractivity contribution in [2.45, 2.75) is 25.8 Å². The first kappa shape index (κ1) is 20.9. The van der Waals surface area contributed by atoms with Crippen molar-refractivity contribution in [2.75, 3.05) is 46.9 Å². The number of nitrogens with zero attached hydrogens (tertiary/aromatic N) is 3. The van der Waals surface area contributed by atoms with Crippen molar-refractivity contribution in [3.05, 3.63) is 40.1 Å². The SMILES string of the molecule is COc1ccc(-c2cc(C(=O)N3CCCC3C(=O)N3CCN(C)CC3)sc2C)cc1. The van der Waals surface area contributed by atoms with Crippen molar-refractivity contribution in [3.63, 3.8) is 0 Å². The average Bonchev–Trinajstić information content (AvgIpc) is 3.40. The van der Waals surface area contributed by atoms with Crippen molar-refractivity contribution in [2.24, 2.45) is 0 Å². The minimum absolute atomic E-state index is 0.0205. The molecule has 0 bridgehead atoms. The fourth-order valence-electron chi connectivity index (χ4n) is 4.29. The van der Waals surface area contributed by atoms with Gasteiger partial charge in [0.15, 0.2) is 0 Å². The van der Waals surface area contributed by atoms with E-state index in [0.29, 0.717) is 11.4 Å².